The molecule has 180 valence electrons. The normalized spacial score (nSPS) is 11.9. The third-order valence-electron chi connectivity index (χ3n) is 5.01. The number of sulfonamides is 1. The molecule has 0 fully saturated rings. The highest BCUT2D eigenvalue weighted by molar-refractivity contribution is 7.92. The summed E-state index contributed by atoms with van der Waals surface area (Å²) >= 11 is 0. The lowest BCUT2D eigenvalue weighted by atomic mass is 10.1. The number of carbonyl (C=O) groups excluding carboxylic acids is 2. The van der Waals surface area contributed by atoms with Crippen LogP contribution < -0.4 is 19.1 Å². The van der Waals surface area contributed by atoms with Crippen LogP contribution in [0.3, 0.4) is 0 Å². The van der Waals surface area contributed by atoms with E-state index in [9.17, 15) is 22.4 Å². The van der Waals surface area contributed by atoms with Crippen molar-refractivity contribution >= 4 is 27.5 Å². The molecule has 0 aliphatic carbocycles. The first-order valence-corrected chi connectivity index (χ1v) is 11.8. The minimum atomic E-state index is -3.93. The third kappa shape index (κ3) is 6.58. The van der Waals surface area contributed by atoms with Gasteiger partial charge in [0, 0.05) is 19.7 Å². The minimum absolute atomic E-state index is 0.0272. The van der Waals surface area contributed by atoms with E-state index in [-0.39, 0.29) is 18.0 Å². The van der Waals surface area contributed by atoms with E-state index in [4.69, 9.17) is 9.47 Å². The van der Waals surface area contributed by atoms with E-state index in [1.54, 1.807) is 6.07 Å². The van der Waals surface area contributed by atoms with Crippen LogP contribution in [0.25, 0.3) is 0 Å². The number of carbonyl (C=O) groups is 2. The quantitative estimate of drug-likeness (QED) is 0.555. The fourth-order valence-corrected chi connectivity index (χ4v) is 4.01. The van der Waals surface area contributed by atoms with Crippen molar-refractivity contribution < 1.29 is 31.9 Å². The molecule has 0 aliphatic rings. The second kappa shape index (κ2) is 11.0. The van der Waals surface area contributed by atoms with Gasteiger partial charge in [0.05, 0.1) is 26.2 Å². The molecule has 9 nitrogen and oxygen atoms in total. The Morgan fingerprint density at radius 3 is 2.24 bits per heavy atom. The Morgan fingerprint density at radius 2 is 1.73 bits per heavy atom. The fourth-order valence-electron chi connectivity index (χ4n) is 3.16. The van der Waals surface area contributed by atoms with Gasteiger partial charge < -0.3 is 19.7 Å². The summed E-state index contributed by atoms with van der Waals surface area (Å²) in [5.74, 6) is -0.919. The van der Waals surface area contributed by atoms with Gasteiger partial charge >= 0.3 is 0 Å². The van der Waals surface area contributed by atoms with E-state index < -0.39 is 40.2 Å². The zero-order valence-electron chi connectivity index (χ0n) is 19.2. The van der Waals surface area contributed by atoms with Crippen LogP contribution in [0.15, 0.2) is 42.5 Å². The van der Waals surface area contributed by atoms with Gasteiger partial charge in [-0.05, 0) is 36.8 Å². The van der Waals surface area contributed by atoms with Gasteiger partial charge in [-0.15, -0.1) is 0 Å². The van der Waals surface area contributed by atoms with Crippen molar-refractivity contribution in [1.29, 1.82) is 0 Å². The summed E-state index contributed by atoms with van der Waals surface area (Å²) in [6, 6.07) is 9.12. The Kier molecular flexibility index (Phi) is 8.63. The molecule has 0 spiro atoms. The maximum absolute atomic E-state index is 13.4. The van der Waals surface area contributed by atoms with E-state index >= 15 is 0 Å². The summed E-state index contributed by atoms with van der Waals surface area (Å²) in [5, 5.41) is 2.48. The molecule has 0 bridgehead atoms. The van der Waals surface area contributed by atoms with Gasteiger partial charge in [0.15, 0.2) is 0 Å². The first-order valence-electron chi connectivity index (χ1n) is 9.97. The van der Waals surface area contributed by atoms with Crippen molar-refractivity contribution in [2.45, 2.75) is 19.5 Å². The molecule has 2 aromatic carbocycles. The summed E-state index contributed by atoms with van der Waals surface area (Å²) in [6.07, 6.45) is 0.964. The van der Waals surface area contributed by atoms with E-state index in [2.05, 4.69) is 5.32 Å². The van der Waals surface area contributed by atoms with Crippen LogP contribution in [0.1, 0.15) is 12.5 Å². The van der Waals surface area contributed by atoms with Gasteiger partial charge in [0.1, 0.15) is 29.9 Å². The van der Waals surface area contributed by atoms with Crippen LogP contribution in [-0.2, 0) is 26.2 Å². The topological polar surface area (TPSA) is 105 Å². The molecule has 0 saturated heterocycles. The lowest BCUT2D eigenvalue weighted by molar-refractivity contribution is -0.139. The Hall–Kier alpha value is -3.34. The largest absolute Gasteiger partial charge is 0.497 e. The number of ether oxygens (including phenoxy) is 2. The number of methoxy groups -OCH3 is 2. The number of anilines is 1. The monoisotopic (exact) mass is 481 g/mol. The molecular weight excluding hydrogens is 453 g/mol. The molecular formula is C22H28FN3O6S. The lowest BCUT2D eigenvalue weighted by Crippen LogP contribution is -2.50. The van der Waals surface area contributed by atoms with Crippen molar-refractivity contribution in [3.63, 3.8) is 0 Å². The van der Waals surface area contributed by atoms with Crippen LogP contribution in [-0.4, -0.2) is 65.2 Å². The number of rotatable bonds is 10. The Labute approximate surface area is 193 Å². The molecule has 33 heavy (non-hydrogen) atoms. The number of nitrogens with one attached hydrogen (secondary N) is 1. The predicted molar refractivity (Wildman–Crippen MR) is 122 cm³/mol. The Bertz CT molecular complexity index is 1090. The Balaban J connectivity index is 2.46. The highest BCUT2D eigenvalue weighted by Gasteiger charge is 2.31. The second-order valence-electron chi connectivity index (χ2n) is 7.25. The van der Waals surface area contributed by atoms with Crippen LogP contribution in [0, 0.1) is 5.82 Å². The standard InChI is InChI=1S/C22H28FN3O6S/c1-15(22(28)24-2)25(13-16-6-8-17(23)9-7-16)21(27)14-26(33(5,29)30)19-12-18(31-3)10-11-20(19)32-4/h6-12,15H,13-14H2,1-5H3,(H,24,28)/t15-/m1/s1. The van der Waals surface area contributed by atoms with E-state index in [1.807, 2.05) is 0 Å². The van der Waals surface area contributed by atoms with E-state index in [0.717, 1.165) is 10.6 Å². The number of nitrogens with zero attached hydrogens (tertiary/aromatic N) is 2. The van der Waals surface area contributed by atoms with E-state index in [1.165, 1.54) is 69.5 Å². The molecule has 0 aliphatic heterocycles. The van der Waals surface area contributed by atoms with Gasteiger partial charge in [-0.2, -0.15) is 0 Å². The van der Waals surface area contributed by atoms with E-state index in [0.29, 0.717) is 11.3 Å². The maximum atomic E-state index is 13.4. The van der Waals surface area contributed by atoms with Gasteiger partial charge in [0.25, 0.3) is 0 Å². The minimum Gasteiger partial charge on any atom is -0.497 e. The van der Waals surface area contributed by atoms with Gasteiger partial charge in [-0.3, -0.25) is 13.9 Å². The smallest absolute Gasteiger partial charge is 0.244 e. The Morgan fingerprint density at radius 1 is 1.09 bits per heavy atom. The van der Waals surface area contributed by atoms with Crippen molar-refractivity contribution in [2.75, 3.05) is 38.4 Å². The first kappa shape index (κ1) is 25.9. The molecule has 0 aromatic heterocycles. The van der Waals surface area contributed by atoms with Crippen molar-refractivity contribution in [3.05, 3.63) is 53.8 Å². The maximum Gasteiger partial charge on any atom is 0.244 e. The zero-order valence-corrected chi connectivity index (χ0v) is 20.0. The number of hydrogen-bond acceptors (Lipinski definition) is 6. The average Bonchev–Trinajstić information content (AvgIpc) is 2.79. The molecule has 0 heterocycles. The molecule has 1 N–H and O–H groups in total. The number of amides is 2. The van der Waals surface area contributed by atoms with Gasteiger partial charge in [0.2, 0.25) is 21.8 Å². The highest BCUT2D eigenvalue weighted by atomic mass is 32.2. The summed E-state index contributed by atoms with van der Waals surface area (Å²) in [6.45, 7) is 0.905. The number of likely N-dealkylation sites (N-methyl/N-ethyl adjacent to an activating group) is 1. The SMILES string of the molecule is CNC(=O)[C@@H](C)N(Cc1ccc(F)cc1)C(=O)CN(c1cc(OC)ccc1OC)S(C)(=O)=O. The third-order valence-corrected chi connectivity index (χ3v) is 6.14. The molecule has 2 amide bonds. The van der Waals surface area contributed by atoms with Gasteiger partial charge in [-0.25, -0.2) is 12.8 Å². The second-order valence-corrected chi connectivity index (χ2v) is 9.15. The highest BCUT2D eigenvalue weighted by Crippen LogP contribution is 2.33. The molecule has 0 unspecified atom stereocenters. The number of benzene rings is 2. The van der Waals surface area contributed by atoms with Crippen LogP contribution in [0.5, 0.6) is 11.5 Å². The molecule has 1 atom stereocenters. The zero-order chi connectivity index (χ0) is 24.8. The number of hydrogen-bond donors (Lipinski definition) is 1. The summed E-state index contributed by atoms with van der Waals surface area (Å²) in [7, 11) is 0.305. The summed E-state index contributed by atoms with van der Waals surface area (Å²) in [5.41, 5.74) is 0.687. The fraction of sp³-hybridized carbons (Fsp3) is 0.364. The summed E-state index contributed by atoms with van der Waals surface area (Å²) < 4.78 is 50.0. The van der Waals surface area contributed by atoms with Crippen LogP contribution in [0.4, 0.5) is 10.1 Å². The van der Waals surface area contributed by atoms with Crippen LogP contribution >= 0.6 is 0 Å². The lowest BCUT2D eigenvalue weighted by Gasteiger charge is -2.31. The van der Waals surface area contributed by atoms with Crippen LogP contribution in [0.2, 0.25) is 0 Å². The predicted octanol–water partition coefficient (Wildman–Crippen LogP) is 1.77. The van der Waals surface area contributed by atoms with Crippen molar-refractivity contribution in [3.8, 4) is 11.5 Å². The number of halogens is 1. The molecule has 0 saturated carbocycles. The molecule has 2 aromatic rings. The molecule has 0 radical (unpaired) electrons. The van der Waals surface area contributed by atoms with Crippen molar-refractivity contribution in [2.24, 2.45) is 0 Å². The van der Waals surface area contributed by atoms with Crippen molar-refractivity contribution in [1.82, 2.24) is 10.2 Å². The first-order chi connectivity index (χ1) is 15.5. The average molecular weight is 482 g/mol. The molecule has 11 heteroatoms. The molecule has 2 rings (SSSR count). The summed E-state index contributed by atoms with van der Waals surface area (Å²) in [4.78, 5) is 26.9. The van der Waals surface area contributed by atoms with Gasteiger partial charge in [-0.1, -0.05) is 12.1 Å².